The van der Waals surface area contributed by atoms with E-state index < -0.39 is 0 Å². The van der Waals surface area contributed by atoms with Crippen molar-refractivity contribution < 1.29 is 0 Å². The zero-order valence-electron chi connectivity index (χ0n) is 10.9. The highest BCUT2D eigenvalue weighted by molar-refractivity contribution is 7.98. The van der Waals surface area contributed by atoms with Crippen LogP contribution in [0.2, 0.25) is 5.15 Å². The first kappa shape index (κ1) is 13.9. The highest BCUT2D eigenvalue weighted by atomic mass is 35.5. The van der Waals surface area contributed by atoms with Crippen LogP contribution in [-0.4, -0.2) is 54.4 Å². The fourth-order valence-electron chi connectivity index (χ4n) is 2.08. The molecule has 1 aliphatic heterocycles. The number of anilines is 1. The third-order valence-corrected chi connectivity index (χ3v) is 3.93. The Hall–Kier alpha value is -0.520. The van der Waals surface area contributed by atoms with E-state index in [0.717, 1.165) is 24.1 Å². The molecule has 0 aliphatic carbocycles. The predicted octanol–water partition coefficient (Wildman–Crippen LogP) is 2.38. The first-order valence-corrected chi connectivity index (χ1v) is 7.81. The maximum Gasteiger partial charge on any atom is 0.190 e. The van der Waals surface area contributed by atoms with Gasteiger partial charge in [0.05, 0.1) is 0 Å². The summed E-state index contributed by atoms with van der Waals surface area (Å²) in [5.41, 5.74) is 0. The normalized spacial score (nSPS) is 16.2. The minimum Gasteiger partial charge on any atom is -0.358 e. The van der Waals surface area contributed by atoms with Crippen molar-refractivity contribution in [3.05, 3.63) is 11.2 Å². The zero-order chi connectivity index (χ0) is 13.0. The maximum absolute atomic E-state index is 6.00. The van der Waals surface area contributed by atoms with E-state index in [0.29, 0.717) is 5.15 Å². The monoisotopic (exact) mass is 286 g/mol. The summed E-state index contributed by atoms with van der Waals surface area (Å²) < 4.78 is 0. The van der Waals surface area contributed by atoms with Gasteiger partial charge in [-0.05, 0) is 32.2 Å². The van der Waals surface area contributed by atoms with E-state index in [2.05, 4.69) is 26.8 Å². The number of thioether (sulfide) groups is 1. The van der Waals surface area contributed by atoms with Crippen LogP contribution in [0, 0.1) is 0 Å². The van der Waals surface area contributed by atoms with Gasteiger partial charge in [0.25, 0.3) is 0 Å². The largest absolute Gasteiger partial charge is 0.358 e. The summed E-state index contributed by atoms with van der Waals surface area (Å²) in [6, 6.07) is 1.82. The van der Waals surface area contributed by atoms with Gasteiger partial charge in [0.2, 0.25) is 0 Å². The van der Waals surface area contributed by atoms with Gasteiger partial charge in [-0.1, -0.05) is 23.4 Å². The summed E-state index contributed by atoms with van der Waals surface area (Å²) in [7, 11) is 2.05. The molecule has 6 heteroatoms. The van der Waals surface area contributed by atoms with Crippen LogP contribution in [0.3, 0.4) is 0 Å². The third kappa shape index (κ3) is 3.73. The van der Waals surface area contributed by atoms with Gasteiger partial charge in [-0.25, -0.2) is 9.97 Å². The van der Waals surface area contributed by atoms with E-state index in [1.54, 1.807) is 0 Å². The number of hydrogen-bond acceptors (Lipinski definition) is 5. The van der Waals surface area contributed by atoms with Crippen LogP contribution in [0.1, 0.15) is 12.8 Å². The van der Waals surface area contributed by atoms with E-state index in [4.69, 9.17) is 11.6 Å². The lowest BCUT2D eigenvalue weighted by molar-refractivity contribution is 0.346. The number of hydrogen-bond donors (Lipinski definition) is 0. The first-order chi connectivity index (χ1) is 8.69. The molecule has 0 unspecified atom stereocenters. The molecule has 2 rings (SSSR count). The Morgan fingerprint density at radius 2 is 2.11 bits per heavy atom. The Kier molecular flexibility index (Phi) is 5.09. The molecule has 100 valence electrons. The van der Waals surface area contributed by atoms with E-state index in [1.165, 1.54) is 37.7 Å². The van der Waals surface area contributed by atoms with Crippen LogP contribution < -0.4 is 4.90 Å². The maximum atomic E-state index is 6.00. The van der Waals surface area contributed by atoms with Gasteiger partial charge < -0.3 is 9.80 Å². The molecule has 1 saturated heterocycles. The van der Waals surface area contributed by atoms with E-state index in [-0.39, 0.29) is 0 Å². The Morgan fingerprint density at radius 1 is 1.39 bits per heavy atom. The first-order valence-electron chi connectivity index (χ1n) is 6.21. The second-order valence-electron chi connectivity index (χ2n) is 4.51. The lowest BCUT2D eigenvalue weighted by atomic mass is 10.4. The Morgan fingerprint density at radius 3 is 2.78 bits per heavy atom. The molecule has 0 spiro atoms. The molecule has 0 N–H and O–H groups in total. The standard InChI is InChI=1S/C12H19ClN4S/c1-16(7-8-17-5-3-4-6-17)11-9-10(13)14-12(15-11)18-2/h9H,3-8H2,1-2H3. The molecule has 1 aromatic heterocycles. The van der Waals surface area contributed by atoms with Gasteiger partial charge in [-0.15, -0.1) is 0 Å². The summed E-state index contributed by atoms with van der Waals surface area (Å²) in [6.07, 6.45) is 4.62. The molecule has 18 heavy (non-hydrogen) atoms. The van der Waals surface area contributed by atoms with E-state index >= 15 is 0 Å². The van der Waals surface area contributed by atoms with E-state index in [1.807, 2.05) is 12.3 Å². The van der Waals surface area contributed by atoms with Crippen molar-refractivity contribution in [3.63, 3.8) is 0 Å². The van der Waals surface area contributed by atoms with Crippen molar-refractivity contribution in [1.82, 2.24) is 14.9 Å². The molecule has 1 aromatic rings. The van der Waals surface area contributed by atoms with Crippen molar-refractivity contribution in [3.8, 4) is 0 Å². The molecule has 1 aliphatic rings. The molecule has 0 bridgehead atoms. The fraction of sp³-hybridized carbons (Fsp3) is 0.667. The summed E-state index contributed by atoms with van der Waals surface area (Å²) >= 11 is 7.51. The van der Waals surface area contributed by atoms with Gasteiger partial charge in [0.15, 0.2) is 5.16 Å². The lowest BCUT2D eigenvalue weighted by Crippen LogP contribution is -2.31. The highest BCUT2D eigenvalue weighted by Gasteiger charge is 2.13. The Balaban J connectivity index is 1.94. The smallest absolute Gasteiger partial charge is 0.190 e. The summed E-state index contributed by atoms with van der Waals surface area (Å²) in [5, 5.41) is 1.24. The highest BCUT2D eigenvalue weighted by Crippen LogP contribution is 2.19. The van der Waals surface area contributed by atoms with Crippen LogP contribution in [0.4, 0.5) is 5.82 Å². The number of likely N-dealkylation sites (N-methyl/N-ethyl adjacent to an activating group) is 1. The number of halogens is 1. The second kappa shape index (κ2) is 6.59. The molecule has 0 radical (unpaired) electrons. The van der Waals surface area contributed by atoms with Crippen molar-refractivity contribution >= 4 is 29.2 Å². The molecule has 2 heterocycles. The van der Waals surface area contributed by atoms with Crippen molar-refractivity contribution in [2.75, 3.05) is 44.4 Å². The third-order valence-electron chi connectivity index (χ3n) is 3.18. The summed E-state index contributed by atoms with van der Waals surface area (Å²) in [4.78, 5) is 13.3. The van der Waals surface area contributed by atoms with Crippen LogP contribution in [0.25, 0.3) is 0 Å². The molecular formula is C12H19ClN4S. The molecule has 4 nitrogen and oxygen atoms in total. The van der Waals surface area contributed by atoms with Crippen molar-refractivity contribution in [2.45, 2.75) is 18.0 Å². The minimum atomic E-state index is 0.511. The number of aromatic nitrogens is 2. The Bertz CT molecular complexity index is 396. The van der Waals surface area contributed by atoms with Crippen molar-refractivity contribution in [1.29, 1.82) is 0 Å². The van der Waals surface area contributed by atoms with Crippen LogP contribution in [0.15, 0.2) is 11.2 Å². The molecule has 0 amide bonds. The van der Waals surface area contributed by atoms with E-state index in [9.17, 15) is 0 Å². The van der Waals surface area contributed by atoms with Gasteiger partial charge in [-0.2, -0.15) is 0 Å². The van der Waals surface area contributed by atoms with Gasteiger partial charge in [0.1, 0.15) is 11.0 Å². The summed E-state index contributed by atoms with van der Waals surface area (Å²) in [6.45, 7) is 4.52. The second-order valence-corrected chi connectivity index (χ2v) is 5.67. The Labute approximate surface area is 118 Å². The van der Waals surface area contributed by atoms with Crippen LogP contribution in [-0.2, 0) is 0 Å². The zero-order valence-corrected chi connectivity index (χ0v) is 12.5. The minimum absolute atomic E-state index is 0.511. The topological polar surface area (TPSA) is 32.3 Å². The molecule has 0 atom stereocenters. The number of rotatable bonds is 5. The quantitative estimate of drug-likeness (QED) is 0.471. The van der Waals surface area contributed by atoms with Crippen molar-refractivity contribution in [2.24, 2.45) is 0 Å². The van der Waals surface area contributed by atoms with Crippen LogP contribution >= 0.6 is 23.4 Å². The number of nitrogens with zero attached hydrogens (tertiary/aromatic N) is 4. The molecule has 0 saturated carbocycles. The molecule has 1 fully saturated rings. The fourth-order valence-corrected chi connectivity index (χ4v) is 2.69. The molecule has 0 aromatic carbocycles. The van der Waals surface area contributed by atoms with Gasteiger partial charge in [-0.3, -0.25) is 0 Å². The molecular weight excluding hydrogens is 268 g/mol. The average molecular weight is 287 g/mol. The SMILES string of the molecule is CSc1nc(Cl)cc(N(C)CCN2CCCC2)n1. The lowest BCUT2D eigenvalue weighted by Gasteiger charge is -2.22. The summed E-state index contributed by atoms with van der Waals surface area (Å²) in [5.74, 6) is 0.901. The number of likely N-dealkylation sites (tertiary alicyclic amines) is 1. The predicted molar refractivity (Wildman–Crippen MR) is 77.8 cm³/mol. The van der Waals surface area contributed by atoms with Crippen LogP contribution in [0.5, 0.6) is 0 Å². The van der Waals surface area contributed by atoms with Gasteiger partial charge >= 0.3 is 0 Å². The van der Waals surface area contributed by atoms with Gasteiger partial charge in [0, 0.05) is 26.2 Å². The average Bonchev–Trinajstić information content (AvgIpc) is 2.88.